The fourth-order valence-corrected chi connectivity index (χ4v) is 4.03. The summed E-state index contributed by atoms with van der Waals surface area (Å²) in [6.07, 6.45) is 0. The number of halogens is 2. The van der Waals surface area contributed by atoms with Gasteiger partial charge in [-0.3, -0.25) is 4.79 Å². The van der Waals surface area contributed by atoms with E-state index in [-0.39, 0.29) is 16.1 Å². The molecule has 2 aromatic rings. The van der Waals surface area contributed by atoms with Gasteiger partial charge in [-0.05, 0) is 63.6 Å². The van der Waals surface area contributed by atoms with E-state index in [0.29, 0.717) is 10.0 Å². The van der Waals surface area contributed by atoms with Crippen LogP contribution in [0.4, 0.5) is 10.1 Å². The fourth-order valence-electron chi connectivity index (χ4n) is 2.26. The molecule has 0 atom stereocenters. The molecule has 0 unspecified atom stereocenters. The van der Waals surface area contributed by atoms with Gasteiger partial charge >= 0.3 is 0 Å². The SMILES string of the molecule is Cc1ccc(S(=O)(=O)NC(C)(C)C)cc1C(=O)Nc1ccc(Br)cc1F. The average Bonchev–Trinajstić information content (AvgIpc) is 2.47. The Labute approximate surface area is 161 Å². The third-order valence-corrected chi connectivity index (χ3v) is 5.63. The molecule has 0 aliphatic heterocycles. The Morgan fingerprint density at radius 1 is 1.12 bits per heavy atom. The third kappa shape index (κ3) is 5.12. The van der Waals surface area contributed by atoms with Gasteiger partial charge in [-0.25, -0.2) is 17.5 Å². The lowest BCUT2D eigenvalue weighted by atomic mass is 10.1. The molecule has 8 heteroatoms. The van der Waals surface area contributed by atoms with E-state index in [1.807, 2.05) is 0 Å². The number of hydrogen-bond donors (Lipinski definition) is 2. The number of hydrogen-bond acceptors (Lipinski definition) is 3. The smallest absolute Gasteiger partial charge is 0.256 e. The summed E-state index contributed by atoms with van der Waals surface area (Å²) in [7, 11) is -3.79. The van der Waals surface area contributed by atoms with Gasteiger partial charge in [0.05, 0.1) is 10.6 Å². The summed E-state index contributed by atoms with van der Waals surface area (Å²) >= 11 is 3.15. The highest BCUT2D eigenvalue weighted by molar-refractivity contribution is 9.10. The molecule has 5 nitrogen and oxygen atoms in total. The van der Waals surface area contributed by atoms with E-state index in [2.05, 4.69) is 26.0 Å². The molecule has 2 aromatic carbocycles. The molecule has 0 fully saturated rings. The second kappa shape index (κ2) is 7.46. The lowest BCUT2D eigenvalue weighted by molar-refractivity contribution is 0.102. The molecule has 0 aliphatic rings. The van der Waals surface area contributed by atoms with E-state index >= 15 is 0 Å². The van der Waals surface area contributed by atoms with Crippen molar-refractivity contribution in [2.45, 2.75) is 38.1 Å². The molecule has 1 amide bonds. The quantitative estimate of drug-likeness (QED) is 0.743. The topological polar surface area (TPSA) is 75.3 Å². The molecular weight excluding hydrogens is 423 g/mol. The highest BCUT2D eigenvalue weighted by Gasteiger charge is 2.23. The van der Waals surface area contributed by atoms with Gasteiger partial charge in [0.25, 0.3) is 5.91 Å². The van der Waals surface area contributed by atoms with Gasteiger partial charge in [-0.15, -0.1) is 0 Å². The van der Waals surface area contributed by atoms with E-state index in [9.17, 15) is 17.6 Å². The second-order valence-corrected chi connectivity index (χ2v) is 9.51. The molecule has 0 saturated carbocycles. The standard InChI is InChI=1S/C18H20BrFN2O3S/c1-11-5-7-13(26(24,25)22-18(2,3)4)10-14(11)17(23)21-16-8-6-12(19)9-15(16)20/h5-10,22H,1-4H3,(H,21,23). The number of sulfonamides is 1. The Balaban J connectivity index is 2.36. The predicted molar refractivity (Wildman–Crippen MR) is 103 cm³/mol. The number of rotatable bonds is 4. The van der Waals surface area contributed by atoms with Gasteiger partial charge in [-0.1, -0.05) is 22.0 Å². The van der Waals surface area contributed by atoms with Crippen molar-refractivity contribution in [3.8, 4) is 0 Å². The summed E-state index contributed by atoms with van der Waals surface area (Å²) in [5, 5.41) is 2.47. The van der Waals surface area contributed by atoms with Crippen LogP contribution in [0.25, 0.3) is 0 Å². The first kappa shape index (κ1) is 20.5. The van der Waals surface area contributed by atoms with E-state index in [4.69, 9.17) is 0 Å². The minimum absolute atomic E-state index is 0.0127. The first-order valence-corrected chi connectivity index (χ1v) is 10.1. The lowest BCUT2D eigenvalue weighted by Gasteiger charge is -2.20. The molecule has 0 spiro atoms. The number of carbonyl (C=O) groups excluding carboxylic acids is 1. The van der Waals surface area contributed by atoms with Gasteiger partial charge in [0.2, 0.25) is 10.0 Å². The minimum atomic E-state index is -3.79. The third-order valence-electron chi connectivity index (χ3n) is 3.38. The van der Waals surface area contributed by atoms with Crippen LogP contribution in [0.2, 0.25) is 0 Å². The zero-order valence-electron chi connectivity index (χ0n) is 14.9. The van der Waals surface area contributed by atoms with Crippen molar-refractivity contribution in [3.63, 3.8) is 0 Å². The molecule has 26 heavy (non-hydrogen) atoms. The fraction of sp³-hybridized carbons (Fsp3) is 0.278. The highest BCUT2D eigenvalue weighted by Crippen LogP contribution is 2.22. The normalized spacial score (nSPS) is 12.1. The van der Waals surface area contributed by atoms with E-state index in [1.54, 1.807) is 39.8 Å². The number of amides is 1. The summed E-state index contributed by atoms with van der Waals surface area (Å²) in [5.74, 6) is -1.18. The number of carbonyl (C=O) groups is 1. The van der Waals surface area contributed by atoms with Crippen molar-refractivity contribution in [2.24, 2.45) is 0 Å². The van der Waals surface area contributed by atoms with E-state index in [1.165, 1.54) is 24.3 Å². The van der Waals surface area contributed by atoms with Crippen LogP contribution in [-0.2, 0) is 10.0 Å². The highest BCUT2D eigenvalue weighted by atomic mass is 79.9. The van der Waals surface area contributed by atoms with E-state index in [0.717, 1.165) is 0 Å². The minimum Gasteiger partial charge on any atom is -0.319 e. The Bertz CT molecular complexity index is 953. The summed E-state index contributed by atoms with van der Waals surface area (Å²) in [4.78, 5) is 12.5. The molecule has 140 valence electrons. The largest absolute Gasteiger partial charge is 0.319 e. The van der Waals surface area contributed by atoms with Gasteiger partial charge in [0.15, 0.2) is 0 Å². The maximum atomic E-state index is 13.9. The Hall–Kier alpha value is -1.77. The van der Waals surface area contributed by atoms with Crippen LogP contribution in [0, 0.1) is 12.7 Å². The number of nitrogens with one attached hydrogen (secondary N) is 2. The van der Waals surface area contributed by atoms with Crippen molar-refractivity contribution >= 4 is 37.5 Å². The predicted octanol–water partition coefficient (Wildman–Crippen LogP) is 4.23. The first-order chi connectivity index (χ1) is 11.9. The molecular formula is C18H20BrFN2O3S. The monoisotopic (exact) mass is 442 g/mol. The molecule has 0 radical (unpaired) electrons. The molecule has 0 bridgehead atoms. The lowest BCUT2D eigenvalue weighted by Crippen LogP contribution is -2.40. The number of aryl methyl sites for hydroxylation is 1. The van der Waals surface area contributed by atoms with Crippen molar-refractivity contribution in [2.75, 3.05) is 5.32 Å². The molecule has 0 heterocycles. The summed E-state index contributed by atoms with van der Waals surface area (Å²) < 4.78 is 42.0. The summed E-state index contributed by atoms with van der Waals surface area (Å²) in [6.45, 7) is 6.86. The van der Waals surface area contributed by atoms with Crippen molar-refractivity contribution < 1.29 is 17.6 Å². The van der Waals surface area contributed by atoms with Crippen LogP contribution in [0.15, 0.2) is 45.8 Å². The number of benzene rings is 2. The average molecular weight is 443 g/mol. The molecule has 0 saturated heterocycles. The maximum absolute atomic E-state index is 13.9. The van der Waals surface area contributed by atoms with Crippen LogP contribution in [0.1, 0.15) is 36.7 Å². The Kier molecular flexibility index (Phi) is 5.89. The van der Waals surface area contributed by atoms with Gasteiger partial charge in [0.1, 0.15) is 5.82 Å². The zero-order valence-corrected chi connectivity index (χ0v) is 17.3. The van der Waals surface area contributed by atoms with Crippen LogP contribution in [0.3, 0.4) is 0 Å². The van der Waals surface area contributed by atoms with Crippen molar-refractivity contribution in [1.82, 2.24) is 4.72 Å². The molecule has 2 rings (SSSR count). The molecule has 0 aliphatic carbocycles. The van der Waals surface area contributed by atoms with Crippen molar-refractivity contribution in [1.29, 1.82) is 0 Å². The Morgan fingerprint density at radius 3 is 2.35 bits per heavy atom. The summed E-state index contributed by atoms with van der Waals surface area (Å²) in [5.41, 5.74) is 0.0877. The zero-order chi connectivity index (χ0) is 19.7. The van der Waals surface area contributed by atoms with Crippen molar-refractivity contribution in [3.05, 3.63) is 57.8 Å². The van der Waals surface area contributed by atoms with E-state index < -0.39 is 27.3 Å². The van der Waals surface area contributed by atoms with Gasteiger partial charge < -0.3 is 5.32 Å². The Morgan fingerprint density at radius 2 is 1.77 bits per heavy atom. The molecule has 2 N–H and O–H groups in total. The van der Waals surface area contributed by atoms with Crippen LogP contribution in [0.5, 0.6) is 0 Å². The second-order valence-electron chi connectivity index (χ2n) is 6.91. The van der Waals surface area contributed by atoms with Crippen LogP contribution < -0.4 is 10.0 Å². The van der Waals surface area contributed by atoms with Crippen LogP contribution in [-0.4, -0.2) is 19.9 Å². The summed E-state index contributed by atoms with van der Waals surface area (Å²) in [6, 6.07) is 8.52. The maximum Gasteiger partial charge on any atom is 0.256 e. The van der Waals surface area contributed by atoms with Crippen LogP contribution >= 0.6 is 15.9 Å². The number of anilines is 1. The molecule has 0 aromatic heterocycles. The van der Waals surface area contributed by atoms with Gasteiger partial charge in [0, 0.05) is 15.6 Å². The first-order valence-electron chi connectivity index (χ1n) is 7.80. The van der Waals surface area contributed by atoms with Gasteiger partial charge in [-0.2, -0.15) is 0 Å².